The lowest BCUT2D eigenvalue weighted by Gasteiger charge is -2.37. The van der Waals surface area contributed by atoms with Crippen molar-refractivity contribution in [2.24, 2.45) is 0 Å². The van der Waals surface area contributed by atoms with Gasteiger partial charge in [0.2, 0.25) is 0 Å². The zero-order chi connectivity index (χ0) is 14.7. The summed E-state index contributed by atoms with van der Waals surface area (Å²) in [5.41, 5.74) is -0.828. The number of hydroxylamine groups is 1. The van der Waals surface area contributed by atoms with Gasteiger partial charge in [-0.2, -0.15) is 0 Å². The standard InChI is InChI=1S/C14H24NO3P/c1-13(2,3)15(18-14(4,5)6)19(16)17-12-10-8-7-9-11-12/h7-11,19H,1-6H3. The molecule has 0 bridgehead atoms. The average molecular weight is 285 g/mol. The fourth-order valence-electron chi connectivity index (χ4n) is 1.35. The molecule has 5 heteroatoms. The van der Waals surface area contributed by atoms with Crippen LogP contribution < -0.4 is 4.52 Å². The smallest absolute Gasteiger partial charge is 0.331 e. The van der Waals surface area contributed by atoms with Gasteiger partial charge in [-0.25, -0.2) is 0 Å². The minimum Gasteiger partial charge on any atom is -0.433 e. The Bertz CT molecular complexity index is 421. The molecule has 0 saturated heterocycles. The molecule has 0 spiro atoms. The van der Waals surface area contributed by atoms with Crippen molar-refractivity contribution < 1.29 is 13.9 Å². The van der Waals surface area contributed by atoms with E-state index in [9.17, 15) is 4.57 Å². The lowest BCUT2D eigenvalue weighted by atomic mass is 10.1. The molecule has 0 aliphatic rings. The summed E-state index contributed by atoms with van der Waals surface area (Å²) in [6.45, 7) is 11.6. The third kappa shape index (κ3) is 5.77. The molecule has 1 unspecified atom stereocenters. The number of para-hydroxylation sites is 1. The van der Waals surface area contributed by atoms with Crippen LogP contribution in [0.5, 0.6) is 5.75 Å². The van der Waals surface area contributed by atoms with E-state index in [0.29, 0.717) is 5.75 Å². The van der Waals surface area contributed by atoms with E-state index in [-0.39, 0.29) is 0 Å². The molecule has 0 saturated carbocycles. The van der Waals surface area contributed by atoms with E-state index in [1.54, 1.807) is 12.1 Å². The van der Waals surface area contributed by atoms with E-state index >= 15 is 0 Å². The Morgan fingerprint density at radius 2 is 1.53 bits per heavy atom. The highest BCUT2D eigenvalue weighted by molar-refractivity contribution is 7.36. The van der Waals surface area contributed by atoms with E-state index < -0.39 is 19.3 Å². The van der Waals surface area contributed by atoms with E-state index in [1.165, 1.54) is 4.83 Å². The van der Waals surface area contributed by atoms with Crippen LogP contribution in [0.3, 0.4) is 0 Å². The Morgan fingerprint density at radius 1 is 1.00 bits per heavy atom. The molecule has 0 aliphatic carbocycles. The molecule has 0 fully saturated rings. The predicted octanol–water partition coefficient (Wildman–Crippen LogP) is 4.29. The largest absolute Gasteiger partial charge is 0.433 e. The first-order valence-corrected chi connectivity index (χ1v) is 7.62. The summed E-state index contributed by atoms with van der Waals surface area (Å²) in [6.07, 6.45) is 0. The summed E-state index contributed by atoms with van der Waals surface area (Å²) < 4.78 is 17.9. The number of nitrogens with zero attached hydrogens (tertiary/aromatic N) is 1. The van der Waals surface area contributed by atoms with Crippen LogP contribution in [0.4, 0.5) is 0 Å². The van der Waals surface area contributed by atoms with Crippen molar-refractivity contribution in [3.05, 3.63) is 30.3 Å². The average Bonchev–Trinajstić information content (AvgIpc) is 2.24. The summed E-state index contributed by atoms with van der Waals surface area (Å²) in [4.78, 5) is 7.24. The zero-order valence-corrected chi connectivity index (χ0v) is 13.6. The summed E-state index contributed by atoms with van der Waals surface area (Å²) >= 11 is 0. The first-order chi connectivity index (χ1) is 8.59. The van der Waals surface area contributed by atoms with Gasteiger partial charge in [-0.15, -0.1) is 0 Å². The molecule has 4 nitrogen and oxygen atoms in total. The predicted molar refractivity (Wildman–Crippen MR) is 78.5 cm³/mol. The van der Waals surface area contributed by atoms with E-state index in [2.05, 4.69) is 0 Å². The van der Waals surface area contributed by atoms with Gasteiger partial charge in [-0.05, 0) is 53.7 Å². The van der Waals surface area contributed by atoms with Crippen LogP contribution in [0, 0.1) is 0 Å². The Morgan fingerprint density at radius 3 is 1.95 bits per heavy atom. The van der Waals surface area contributed by atoms with Crippen molar-refractivity contribution in [2.45, 2.75) is 52.7 Å². The van der Waals surface area contributed by atoms with Gasteiger partial charge in [-0.1, -0.05) is 23.0 Å². The molecular formula is C14H24NO3P. The SMILES string of the molecule is CC(C)(C)ON([PH](=O)Oc1ccccc1)C(C)(C)C. The van der Waals surface area contributed by atoms with Crippen LogP contribution in [-0.2, 0) is 9.40 Å². The summed E-state index contributed by atoms with van der Waals surface area (Å²) in [5, 5.41) is 0. The maximum absolute atomic E-state index is 12.4. The molecule has 0 aromatic heterocycles. The lowest BCUT2D eigenvalue weighted by Crippen LogP contribution is -2.41. The number of rotatable bonds is 4. The second-order valence-electron chi connectivity index (χ2n) is 6.35. The fourth-order valence-corrected chi connectivity index (χ4v) is 2.67. The van der Waals surface area contributed by atoms with Gasteiger partial charge in [0.15, 0.2) is 0 Å². The van der Waals surface area contributed by atoms with Crippen LogP contribution in [-0.4, -0.2) is 16.0 Å². The van der Waals surface area contributed by atoms with Crippen molar-refractivity contribution in [3.8, 4) is 5.75 Å². The highest BCUT2D eigenvalue weighted by Gasteiger charge is 2.32. The minimum atomic E-state index is -2.51. The van der Waals surface area contributed by atoms with Crippen molar-refractivity contribution in [1.29, 1.82) is 0 Å². The monoisotopic (exact) mass is 285 g/mol. The molecule has 0 aliphatic heterocycles. The first kappa shape index (κ1) is 16.2. The summed E-state index contributed by atoms with van der Waals surface area (Å²) in [6, 6.07) is 9.13. The van der Waals surface area contributed by atoms with Crippen molar-refractivity contribution >= 4 is 8.18 Å². The zero-order valence-electron chi connectivity index (χ0n) is 12.6. The Labute approximate surface area is 116 Å². The second kappa shape index (κ2) is 6.08. The van der Waals surface area contributed by atoms with Gasteiger partial charge in [0.25, 0.3) is 0 Å². The van der Waals surface area contributed by atoms with Gasteiger partial charge in [0.05, 0.1) is 5.60 Å². The first-order valence-electron chi connectivity index (χ1n) is 6.36. The van der Waals surface area contributed by atoms with Crippen LogP contribution in [0.1, 0.15) is 41.5 Å². The highest BCUT2D eigenvalue weighted by Crippen LogP contribution is 2.39. The maximum atomic E-state index is 12.4. The summed E-state index contributed by atoms with van der Waals surface area (Å²) in [5.74, 6) is 0.582. The molecule has 0 amide bonds. The number of hydrogen-bond acceptors (Lipinski definition) is 3. The van der Waals surface area contributed by atoms with Gasteiger partial charge in [0.1, 0.15) is 5.75 Å². The molecule has 1 aromatic carbocycles. The maximum Gasteiger partial charge on any atom is 0.331 e. The van der Waals surface area contributed by atoms with E-state index in [1.807, 2.05) is 59.7 Å². The third-order valence-corrected chi connectivity index (χ3v) is 3.59. The Balaban J connectivity index is 2.84. The topological polar surface area (TPSA) is 38.8 Å². The van der Waals surface area contributed by atoms with Crippen molar-refractivity contribution in [3.63, 3.8) is 0 Å². The molecule has 0 N–H and O–H groups in total. The molecule has 1 aromatic rings. The molecule has 0 radical (unpaired) electrons. The van der Waals surface area contributed by atoms with Crippen LogP contribution in [0.15, 0.2) is 30.3 Å². The molecule has 108 valence electrons. The van der Waals surface area contributed by atoms with Crippen LogP contribution in [0.25, 0.3) is 0 Å². The van der Waals surface area contributed by atoms with E-state index in [0.717, 1.165) is 0 Å². The van der Waals surface area contributed by atoms with Gasteiger partial charge in [0, 0.05) is 5.54 Å². The second-order valence-corrected chi connectivity index (χ2v) is 7.49. The Kier molecular flexibility index (Phi) is 5.19. The fraction of sp³-hybridized carbons (Fsp3) is 0.571. The Hall–Kier alpha value is -0.830. The van der Waals surface area contributed by atoms with Gasteiger partial charge in [-0.3, -0.25) is 9.40 Å². The van der Waals surface area contributed by atoms with E-state index in [4.69, 9.17) is 9.36 Å². The minimum absolute atomic E-state index is 0.405. The molecular weight excluding hydrogens is 261 g/mol. The molecule has 19 heavy (non-hydrogen) atoms. The number of hydrogen-bond donors (Lipinski definition) is 0. The highest BCUT2D eigenvalue weighted by atomic mass is 31.1. The van der Waals surface area contributed by atoms with Crippen LogP contribution in [0.2, 0.25) is 0 Å². The quantitative estimate of drug-likeness (QED) is 0.611. The summed E-state index contributed by atoms with van der Waals surface area (Å²) in [7, 11) is -2.51. The normalized spacial score (nSPS) is 14.5. The molecule has 0 heterocycles. The van der Waals surface area contributed by atoms with Gasteiger partial charge >= 0.3 is 8.18 Å². The van der Waals surface area contributed by atoms with Crippen molar-refractivity contribution in [2.75, 3.05) is 0 Å². The van der Waals surface area contributed by atoms with Gasteiger partial charge < -0.3 is 4.52 Å². The molecule has 1 rings (SSSR count). The molecule has 1 atom stereocenters. The lowest BCUT2D eigenvalue weighted by molar-refractivity contribution is -0.210. The van der Waals surface area contributed by atoms with Crippen LogP contribution >= 0.6 is 8.18 Å². The third-order valence-electron chi connectivity index (χ3n) is 2.09. The van der Waals surface area contributed by atoms with Crippen molar-refractivity contribution in [1.82, 2.24) is 4.83 Å². The number of benzene rings is 1.